The maximum absolute atomic E-state index is 11.2. The molecule has 0 bridgehead atoms. The molecule has 1 fully saturated rings. The van der Waals surface area contributed by atoms with Crippen molar-refractivity contribution in [1.82, 2.24) is 0 Å². The average Bonchev–Trinajstić information content (AvgIpc) is 2.39. The third-order valence-corrected chi connectivity index (χ3v) is 3.20. The van der Waals surface area contributed by atoms with Crippen molar-refractivity contribution >= 4 is 5.97 Å². The van der Waals surface area contributed by atoms with Crippen LogP contribution in [0.5, 0.6) is 0 Å². The zero-order chi connectivity index (χ0) is 14.8. The lowest BCUT2D eigenvalue weighted by Gasteiger charge is -2.44. The fourth-order valence-corrected chi connectivity index (χ4v) is 1.96. The van der Waals surface area contributed by atoms with Gasteiger partial charge in [0.05, 0.1) is 18.8 Å². The summed E-state index contributed by atoms with van der Waals surface area (Å²) in [7, 11) is 1.07. The number of hydrogen-bond acceptors (Lipinski definition) is 8. The first-order chi connectivity index (χ1) is 8.79. The Bertz CT molecular complexity index is 327. The number of carboxylic acids is 1. The highest BCUT2D eigenvalue weighted by Gasteiger charge is 2.53. The lowest BCUT2D eigenvalue weighted by atomic mass is 9.89. The molecule has 0 spiro atoms. The number of aliphatic hydroxyl groups is 4. The van der Waals surface area contributed by atoms with Gasteiger partial charge >= 0.3 is 5.97 Å². The van der Waals surface area contributed by atoms with Gasteiger partial charge in [0.15, 0.2) is 0 Å². The molecule has 1 rings (SSSR count). The van der Waals surface area contributed by atoms with E-state index in [1.807, 2.05) is 0 Å². The minimum atomic E-state index is -2.16. The predicted octanol–water partition coefficient (Wildman–Crippen LogP) is -3.40. The Morgan fingerprint density at radius 2 is 2.16 bits per heavy atom. The van der Waals surface area contributed by atoms with E-state index in [9.17, 15) is 20.1 Å². The minimum absolute atomic E-state index is 0.418. The van der Waals surface area contributed by atoms with Crippen molar-refractivity contribution in [3.05, 3.63) is 0 Å². The van der Waals surface area contributed by atoms with Gasteiger partial charge in [0.25, 0.3) is 5.79 Å². The largest absolute Gasteiger partial charge is 0.477 e. The van der Waals surface area contributed by atoms with E-state index in [1.54, 1.807) is 0 Å². The van der Waals surface area contributed by atoms with E-state index in [2.05, 4.69) is 0 Å². The highest BCUT2D eigenvalue weighted by atomic mass is 16.7. The van der Waals surface area contributed by atoms with E-state index in [0.717, 1.165) is 7.11 Å². The van der Waals surface area contributed by atoms with Gasteiger partial charge in [-0.25, -0.2) is 4.79 Å². The number of aliphatic hydroxyl groups excluding tert-OH is 4. The number of carbonyl (C=O) groups is 1. The van der Waals surface area contributed by atoms with Crippen LogP contribution in [-0.4, -0.2) is 81.5 Å². The quantitative estimate of drug-likeness (QED) is 0.301. The van der Waals surface area contributed by atoms with E-state index < -0.39 is 55.2 Å². The van der Waals surface area contributed by atoms with Crippen molar-refractivity contribution in [2.24, 2.45) is 5.73 Å². The fourth-order valence-electron chi connectivity index (χ4n) is 1.96. The Morgan fingerprint density at radius 3 is 2.58 bits per heavy atom. The first kappa shape index (κ1) is 16.2. The SMILES string of the molecule is CO[C@@]1(C(=O)O)C[C@H](O)[C@@H](N)[C@H]([C@H](O)[C@H](O)CO)O1. The second-order valence-corrected chi connectivity index (χ2v) is 4.43. The van der Waals surface area contributed by atoms with Crippen molar-refractivity contribution in [3.63, 3.8) is 0 Å². The fraction of sp³-hybridized carbons (Fsp3) is 0.900. The lowest BCUT2D eigenvalue weighted by Crippen LogP contribution is -2.66. The monoisotopic (exact) mass is 281 g/mol. The molecule has 19 heavy (non-hydrogen) atoms. The number of rotatable bonds is 5. The Balaban J connectivity index is 2.99. The molecule has 0 saturated carbocycles. The summed E-state index contributed by atoms with van der Waals surface area (Å²) in [5.41, 5.74) is 5.62. The molecule has 0 aromatic heterocycles. The van der Waals surface area contributed by atoms with Crippen molar-refractivity contribution in [1.29, 1.82) is 0 Å². The van der Waals surface area contributed by atoms with Crippen molar-refractivity contribution in [2.75, 3.05) is 13.7 Å². The van der Waals surface area contributed by atoms with Crippen LogP contribution in [0, 0.1) is 0 Å². The highest BCUT2D eigenvalue weighted by Crippen LogP contribution is 2.31. The normalized spacial score (nSPS) is 38.7. The summed E-state index contributed by atoms with van der Waals surface area (Å²) >= 11 is 0. The van der Waals surface area contributed by atoms with E-state index in [1.165, 1.54) is 0 Å². The zero-order valence-corrected chi connectivity index (χ0v) is 10.3. The van der Waals surface area contributed by atoms with Gasteiger partial charge in [-0.3, -0.25) is 0 Å². The third-order valence-electron chi connectivity index (χ3n) is 3.20. The molecule has 0 radical (unpaired) electrons. The van der Waals surface area contributed by atoms with Gasteiger partial charge in [-0.15, -0.1) is 0 Å². The maximum atomic E-state index is 11.2. The Morgan fingerprint density at radius 1 is 1.58 bits per heavy atom. The van der Waals surface area contributed by atoms with Crippen molar-refractivity contribution in [3.8, 4) is 0 Å². The summed E-state index contributed by atoms with van der Waals surface area (Å²) < 4.78 is 9.88. The van der Waals surface area contributed by atoms with Gasteiger partial charge in [0.1, 0.15) is 18.3 Å². The highest BCUT2D eigenvalue weighted by molar-refractivity contribution is 5.76. The van der Waals surface area contributed by atoms with Crippen LogP contribution in [-0.2, 0) is 14.3 Å². The minimum Gasteiger partial charge on any atom is -0.477 e. The van der Waals surface area contributed by atoms with E-state index >= 15 is 0 Å². The van der Waals surface area contributed by atoms with Crippen LogP contribution in [0.2, 0.25) is 0 Å². The Hall–Kier alpha value is -0.810. The summed E-state index contributed by atoms with van der Waals surface area (Å²) in [6.07, 6.45) is -6.37. The lowest BCUT2D eigenvalue weighted by molar-refractivity contribution is -0.301. The molecule has 0 aromatic rings. The number of hydrogen-bond donors (Lipinski definition) is 6. The second kappa shape index (κ2) is 6.09. The van der Waals surface area contributed by atoms with Crippen LogP contribution >= 0.6 is 0 Å². The van der Waals surface area contributed by atoms with Crippen molar-refractivity contribution in [2.45, 2.75) is 42.7 Å². The summed E-state index contributed by atoms with van der Waals surface area (Å²) in [6, 6.07) is -1.13. The summed E-state index contributed by atoms with van der Waals surface area (Å²) in [5.74, 6) is -3.65. The number of methoxy groups -OCH3 is 1. The zero-order valence-electron chi connectivity index (χ0n) is 10.3. The van der Waals surface area contributed by atoms with Crippen LogP contribution in [0.1, 0.15) is 6.42 Å². The van der Waals surface area contributed by atoms with Gasteiger partial charge in [-0.05, 0) is 0 Å². The number of nitrogens with two attached hydrogens (primary N) is 1. The van der Waals surface area contributed by atoms with Gasteiger partial charge < -0.3 is 40.7 Å². The molecule has 0 aliphatic carbocycles. The summed E-state index contributed by atoms with van der Waals surface area (Å²) in [5, 5.41) is 46.7. The molecular formula is C10H19NO8. The van der Waals surface area contributed by atoms with Gasteiger partial charge in [0.2, 0.25) is 0 Å². The van der Waals surface area contributed by atoms with Crippen molar-refractivity contribution < 1.29 is 39.8 Å². The second-order valence-electron chi connectivity index (χ2n) is 4.43. The summed E-state index contributed by atoms with van der Waals surface area (Å²) in [6.45, 7) is -0.767. The average molecular weight is 281 g/mol. The summed E-state index contributed by atoms with van der Waals surface area (Å²) in [4.78, 5) is 11.2. The number of carboxylic acid groups (broad SMARTS) is 1. The van der Waals surface area contributed by atoms with Gasteiger partial charge in [0, 0.05) is 13.5 Å². The maximum Gasteiger partial charge on any atom is 0.364 e. The van der Waals surface area contributed by atoms with Crippen LogP contribution in [0.15, 0.2) is 0 Å². The van der Waals surface area contributed by atoms with Crippen LogP contribution in [0.25, 0.3) is 0 Å². The molecule has 1 saturated heterocycles. The third kappa shape index (κ3) is 3.03. The van der Waals surface area contributed by atoms with E-state index in [4.69, 9.17) is 25.4 Å². The molecule has 7 N–H and O–H groups in total. The van der Waals surface area contributed by atoms with Crippen LogP contribution < -0.4 is 5.73 Å². The molecule has 0 amide bonds. The molecule has 6 atom stereocenters. The first-order valence-corrected chi connectivity index (χ1v) is 5.66. The van der Waals surface area contributed by atoms with Gasteiger partial charge in [-0.1, -0.05) is 0 Å². The predicted molar refractivity (Wildman–Crippen MR) is 59.9 cm³/mol. The molecule has 9 nitrogen and oxygen atoms in total. The molecule has 1 aliphatic heterocycles. The molecule has 0 aromatic carbocycles. The topological polar surface area (TPSA) is 163 Å². The number of aliphatic carboxylic acids is 1. The standard InChI is InChI=1S/C10H19NO8/c1-18-10(9(16)17)2-4(13)6(11)8(19-10)7(15)5(14)3-12/h4-8,12-15H,2-3,11H2,1H3,(H,16,17)/t4-,5+,6+,7+,8+,10-/m0/s1. The first-order valence-electron chi connectivity index (χ1n) is 5.66. The van der Waals surface area contributed by atoms with Crippen LogP contribution in [0.4, 0.5) is 0 Å². The van der Waals surface area contributed by atoms with Crippen LogP contribution in [0.3, 0.4) is 0 Å². The Labute approximate surface area is 109 Å². The molecule has 112 valence electrons. The molecule has 1 heterocycles. The van der Waals surface area contributed by atoms with E-state index in [-0.39, 0.29) is 0 Å². The molecular weight excluding hydrogens is 262 g/mol. The molecule has 9 heteroatoms. The van der Waals surface area contributed by atoms with E-state index in [0.29, 0.717) is 0 Å². The Kier molecular flexibility index (Phi) is 5.21. The smallest absolute Gasteiger partial charge is 0.364 e. The molecule has 1 aliphatic rings. The molecule has 0 unspecified atom stereocenters. The van der Waals surface area contributed by atoms with Gasteiger partial charge in [-0.2, -0.15) is 0 Å². The number of ether oxygens (including phenoxy) is 2.